The van der Waals surface area contributed by atoms with Gasteiger partial charge in [-0.25, -0.2) is 0 Å². The summed E-state index contributed by atoms with van der Waals surface area (Å²) in [5, 5.41) is 12.1. The Morgan fingerprint density at radius 1 is 1.41 bits per heavy atom. The normalized spacial score (nSPS) is 15.2. The fourth-order valence-corrected chi connectivity index (χ4v) is 1.90. The van der Waals surface area contributed by atoms with Gasteiger partial charge < -0.3 is 15.3 Å². The molecule has 92 valence electrons. The molecule has 0 atom stereocenters. The Morgan fingerprint density at radius 3 is 2.82 bits per heavy atom. The second-order valence-corrected chi connectivity index (χ2v) is 4.20. The molecule has 2 heterocycles. The zero-order chi connectivity index (χ0) is 12.1. The number of likely N-dealkylation sites (tertiary alicyclic amines) is 1. The molecule has 0 saturated carbocycles. The van der Waals surface area contributed by atoms with Gasteiger partial charge in [0.2, 0.25) is 5.91 Å². The molecule has 2 rings (SSSR count). The van der Waals surface area contributed by atoms with E-state index >= 15 is 0 Å². The van der Waals surface area contributed by atoms with E-state index in [2.05, 4.69) is 10.3 Å². The highest BCUT2D eigenvalue weighted by atomic mass is 16.3. The number of aromatic nitrogens is 1. The Morgan fingerprint density at radius 2 is 2.18 bits per heavy atom. The van der Waals surface area contributed by atoms with E-state index < -0.39 is 0 Å². The minimum absolute atomic E-state index is 0.154. The zero-order valence-electron chi connectivity index (χ0n) is 9.72. The summed E-state index contributed by atoms with van der Waals surface area (Å²) in [7, 11) is 0. The maximum atomic E-state index is 11.7. The van der Waals surface area contributed by atoms with E-state index in [0.717, 1.165) is 31.6 Å². The molecular formula is C12H17N3O2. The van der Waals surface area contributed by atoms with Crippen molar-refractivity contribution < 1.29 is 9.90 Å². The number of carbonyl (C=O) groups excluding carboxylic acids is 1. The number of nitrogens with zero attached hydrogens (tertiary/aromatic N) is 2. The third-order valence-corrected chi connectivity index (χ3v) is 2.85. The van der Waals surface area contributed by atoms with Crippen LogP contribution in [0.15, 0.2) is 18.3 Å². The van der Waals surface area contributed by atoms with Crippen molar-refractivity contribution >= 4 is 5.91 Å². The lowest BCUT2D eigenvalue weighted by Gasteiger charge is -2.15. The number of carbonyl (C=O) groups is 1. The van der Waals surface area contributed by atoms with Gasteiger partial charge in [0, 0.05) is 19.6 Å². The van der Waals surface area contributed by atoms with Gasteiger partial charge in [0.15, 0.2) is 0 Å². The van der Waals surface area contributed by atoms with Crippen LogP contribution in [-0.4, -0.2) is 40.5 Å². The van der Waals surface area contributed by atoms with Crippen LogP contribution < -0.4 is 5.32 Å². The molecule has 0 aromatic carbocycles. The van der Waals surface area contributed by atoms with Crippen molar-refractivity contribution in [3.8, 4) is 5.75 Å². The Bertz CT molecular complexity index is 372. The topological polar surface area (TPSA) is 65.5 Å². The fraction of sp³-hybridized carbons (Fsp3) is 0.500. The third kappa shape index (κ3) is 3.42. The molecule has 1 saturated heterocycles. The van der Waals surface area contributed by atoms with Crippen LogP contribution in [0.5, 0.6) is 5.75 Å². The first-order valence-electron chi connectivity index (χ1n) is 5.88. The van der Waals surface area contributed by atoms with Crippen molar-refractivity contribution in [2.75, 3.05) is 19.6 Å². The van der Waals surface area contributed by atoms with Crippen LogP contribution >= 0.6 is 0 Å². The van der Waals surface area contributed by atoms with Gasteiger partial charge >= 0.3 is 0 Å². The molecule has 5 heteroatoms. The molecule has 1 amide bonds. The number of hydrogen-bond donors (Lipinski definition) is 2. The lowest BCUT2D eigenvalue weighted by Crippen LogP contribution is -2.36. The number of amides is 1. The summed E-state index contributed by atoms with van der Waals surface area (Å²) < 4.78 is 0. The van der Waals surface area contributed by atoms with Crippen molar-refractivity contribution in [1.29, 1.82) is 0 Å². The second kappa shape index (κ2) is 5.63. The van der Waals surface area contributed by atoms with E-state index in [4.69, 9.17) is 5.11 Å². The summed E-state index contributed by atoms with van der Waals surface area (Å²) in [6.07, 6.45) is 3.63. The van der Waals surface area contributed by atoms with Gasteiger partial charge in [-0.15, -0.1) is 0 Å². The van der Waals surface area contributed by atoms with Crippen LogP contribution in [0.1, 0.15) is 18.5 Å². The van der Waals surface area contributed by atoms with Crippen LogP contribution in [0.3, 0.4) is 0 Å². The maximum absolute atomic E-state index is 11.7. The molecule has 2 N–H and O–H groups in total. The monoisotopic (exact) mass is 235 g/mol. The molecule has 5 nitrogen and oxygen atoms in total. The Kier molecular flexibility index (Phi) is 3.93. The van der Waals surface area contributed by atoms with Crippen LogP contribution in [0, 0.1) is 0 Å². The fourth-order valence-electron chi connectivity index (χ4n) is 1.90. The van der Waals surface area contributed by atoms with Crippen molar-refractivity contribution in [2.24, 2.45) is 0 Å². The molecule has 1 aliphatic rings. The molecule has 0 spiro atoms. The average molecular weight is 235 g/mol. The largest absolute Gasteiger partial charge is 0.506 e. The third-order valence-electron chi connectivity index (χ3n) is 2.85. The van der Waals surface area contributed by atoms with Crippen LogP contribution in [-0.2, 0) is 11.3 Å². The summed E-state index contributed by atoms with van der Waals surface area (Å²) in [6.45, 7) is 2.67. The molecule has 0 aliphatic carbocycles. The smallest absolute Gasteiger partial charge is 0.236 e. The van der Waals surface area contributed by atoms with Crippen molar-refractivity contribution in [3.63, 3.8) is 0 Å². The van der Waals surface area contributed by atoms with Crippen molar-refractivity contribution in [3.05, 3.63) is 24.0 Å². The minimum atomic E-state index is 0.154. The Balaban J connectivity index is 1.72. The Hall–Kier alpha value is -1.62. The van der Waals surface area contributed by atoms with E-state index in [-0.39, 0.29) is 11.7 Å². The highest BCUT2D eigenvalue weighted by Crippen LogP contribution is 2.07. The molecule has 1 fully saturated rings. The highest BCUT2D eigenvalue weighted by Gasteiger charge is 2.16. The van der Waals surface area contributed by atoms with Gasteiger partial charge in [-0.3, -0.25) is 9.78 Å². The molecule has 0 bridgehead atoms. The first kappa shape index (κ1) is 11.9. The lowest BCUT2D eigenvalue weighted by atomic mass is 10.3. The molecule has 17 heavy (non-hydrogen) atoms. The van der Waals surface area contributed by atoms with Crippen LogP contribution in [0.4, 0.5) is 0 Å². The first-order valence-corrected chi connectivity index (χ1v) is 5.88. The van der Waals surface area contributed by atoms with E-state index in [1.165, 1.54) is 6.20 Å². The molecule has 1 aromatic heterocycles. The molecule has 0 unspecified atom stereocenters. The summed E-state index contributed by atoms with van der Waals surface area (Å²) in [5.41, 5.74) is 0.817. The van der Waals surface area contributed by atoms with E-state index in [9.17, 15) is 4.79 Å². The van der Waals surface area contributed by atoms with Gasteiger partial charge in [-0.2, -0.15) is 0 Å². The quantitative estimate of drug-likeness (QED) is 0.797. The van der Waals surface area contributed by atoms with Gasteiger partial charge in [0.05, 0.1) is 18.4 Å². The van der Waals surface area contributed by atoms with Crippen LogP contribution in [0.25, 0.3) is 0 Å². The predicted octanol–water partition coefficient (Wildman–Crippen LogP) is 0.499. The number of aromatic hydroxyl groups is 1. The summed E-state index contributed by atoms with van der Waals surface area (Å²) in [4.78, 5) is 17.6. The minimum Gasteiger partial charge on any atom is -0.506 e. The Labute approximate surface area is 100 Å². The zero-order valence-corrected chi connectivity index (χ0v) is 9.72. The van der Waals surface area contributed by atoms with E-state index in [1.807, 2.05) is 4.90 Å². The molecule has 1 aliphatic heterocycles. The van der Waals surface area contributed by atoms with Gasteiger partial charge in [-0.1, -0.05) is 0 Å². The van der Waals surface area contributed by atoms with Gasteiger partial charge in [0.1, 0.15) is 5.75 Å². The van der Waals surface area contributed by atoms with E-state index in [0.29, 0.717) is 13.1 Å². The SMILES string of the molecule is O=C(CNCc1ccc(O)cn1)N1CCCC1. The molecule has 0 radical (unpaired) electrons. The number of nitrogens with one attached hydrogen (secondary N) is 1. The average Bonchev–Trinajstić information content (AvgIpc) is 2.85. The maximum Gasteiger partial charge on any atom is 0.236 e. The van der Waals surface area contributed by atoms with Crippen LogP contribution in [0.2, 0.25) is 0 Å². The second-order valence-electron chi connectivity index (χ2n) is 4.20. The standard InChI is InChI=1S/C12H17N3O2/c16-11-4-3-10(14-8-11)7-13-9-12(17)15-5-1-2-6-15/h3-4,8,13,16H,1-2,5-7,9H2. The molecule has 1 aromatic rings. The number of pyridine rings is 1. The van der Waals surface area contributed by atoms with Crippen molar-refractivity contribution in [2.45, 2.75) is 19.4 Å². The molecular weight excluding hydrogens is 218 g/mol. The van der Waals surface area contributed by atoms with Crippen molar-refractivity contribution in [1.82, 2.24) is 15.2 Å². The lowest BCUT2D eigenvalue weighted by molar-refractivity contribution is -0.129. The summed E-state index contributed by atoms with van der Waals surface area (Å²) in [6, 6.07) is 3.33. The summed E-state index contributed by atoms with van der Waals surface area (Å²) in [5.74, 6) is 0.308. The van der Waals surface area contributed by atoms with Gasteiger partial charge in [-0.05, 0) is 25.0 Å². The highest BCUT2D eigenvalue weighted by molar-refractivity contribution is 5.78. The van der Waals surface area contributed by atoms with Gasteiger partial charge in [0.25, 0.3) is 0 Å². The predicted molar refractivity (Wildman–Crippen MR) is 63.4 cm³/mol. The number of rotatable bonds is 4. The summed E-state index contributed by atoms with van der Waals surface area (Å²) >= 11 is 0. The first-order chi connectivity index (χ1) is 8.25. The number of hydrogen-bond acceptors (Lipinski definition) is 4. The van der Waals surface area contributed by atoms with E-state index in [1.54, 1.807) is 12.1 Å².